The lowest BCUT2D eigenvalue weighted by Crippen LogP contribution is -2.43. The minimum Gasteiger partial charge on any atom is -0.483 e. The van der Waals surface area contributed by atoms with Gasteiger partial charge in [-0.05, 0) is 57.5 Å². The van der Waals surface area contributed by atoms with Gasteiger partial charge in [-0.15, -0.1) is 0 Å². The van der Waals surface area contributed by atoms with E-state index in [2.05, 4.69) is 22.8 Å². The Morgan fingerprint density at radius 3 is 2.63 bits per heavy atom. The standard InChI is InChI=1S/C22H32N2O3/c1-5-26-14-8-13-23-15-19-18-10-7-6-9-17(18)11-12-20(19)27-16-21(25)24-22(2,3)4/h6-7,9-12,23H,5,8,13-16H2,1-4H3,(H,24,25). The Balaban J connectivity index is 2.06. The summed E-state index contributed by atoms with van der Waals surface area (Å²) >= 11 is 0. The lowest BCUT2D eigenvalue weighted by Gasteiger charge is -2.21. The molecule has 1 amide bonds. The van der Waals surface area contributed by atoms with Gasteiger partial charge in [-0.25, -0.2) is 0 Å². The lowest BCUT2D eigenvalue weighted by atomic mass is 10.0. The monoisotopic (exact) mass is 372 g/mol. The highest BCUT2D eigenvalue weighted by atomic mass is 16.5. The number of carbonyl (C=O) groups excluding carboxylic acids is 1. The molecular weight excluding hydrogens is 340 g/mol. The molecule has 0 saturated carbocycles. The SMILES string of the molecule is CCOCCCNCc1c(OCC(=O)NC(C)(C)C)ccc2ccccc12. The molecule has 2 N–H and O–H groups in total. The van der Waals surface area contributed by atoms with Crippen LogP contribution in [0.15, 0.2) is 36.4 Å². The number of hydrogen-bond acceptors (Lipinski definition) is 4. The summed E-state index contributed by atoms with van der Waals surface area (Å²) in [4.78, 5) is 12.1. The molecule has 0 radical (unpaired) electrons. The number of ether oxygens (including phenoxy) is 2. The molecule has 2 aromatic carbocycles. The first-order chi connectivity index (χ1) is 12.9. The number of benzene rings is 2. The Morgan fingerprint density at radius 1 is 1.11 bits per heavy atom. The van der Waals surface area contributed by atoms with Crippen LogP contribution in [0.4, 0.5) is 0 Å². The van der Waals surface area contributed by atoms with Crippen molar-refractivity contribution in [2.75, 3.05) is 26.4 Å². The van der Waals surface area contributed by atoms with Crippen LogP contribution in [-0.2, 0) is 16.1 Å². The molecule has 2 aromatic rings. The number of amides is 1. The maximum atomic E-state index is 12.1. The maximum absolute atomic E-state index is 12.1. The van der Waals surface area contributed by atoms with E-state index in [9.17, 15) is 4.79 Å². The summed E-state index contributed by atoms with van der Waals surface area (Å²) in [6, 6.07) is 12.2. The van der Waals surface area contributed by atoms with E-state index in [-0.39, 0.29) is 18.1 Å². The molecule has 5 nitrogen and oxygen atoms in total. The molecule has 148 valence electrons. The second-order valence-corrected chi connectivity index (χ2v) is 7.58. The van der Waals surface area contributed by atoms with E-state index in [1.165, 1.54) is 0 Å². The first-order valence-corrected chi connectivity index (χ1v) is 9.63. The molecule has 27 heavy (non-hydrogen) atoms. The summed E-state index contributed by atoms with van der Waals surface area (Å²) in [6.45, 7) is 10.9. The van der Waals surface area contributed by atoms with Crippen molar-refractivity contribution >= 4 is 16.7 Å². The minimum absolute atomic E-state index is 0.00690. The Morgan fingerprint density at radius 2 is 1.89 bits per heavy atom. The molecule has 0 aliphatic carbocycles. The molecule has 0 aromatic heterocycles. The van der Waals surface area contributed by atoms with Gasteiger partial charge in [0, 0.05) is 30.9 Å². The molecule has 0 heterocycles. The normalized spacial score (nSPS) is 11.6. The van der Waals surface area contributed by atoms with E-state index < -0.39 is 0 Å². The number of carbonyl (C=O) groups is 1. The summed E-state index contributed by atoms with van der Waals surface area (Å²) < 4.78 is 11.2. The summed E-state index contributed by atoms with van der Waals surface area (Å²) in [7, 11) is 0. The third kappa shape index (κ3) is 7.19. The van der Waals surface area contributed by atoms with Gasteiger partial charge in [0.05, 0.1) is 0 Å². The number of fused-ring (bicyclic) bond motifs is 1. The van der Waals surface area contributed by atoms with Crippen molar-refractivity contribution in [3.05, 3.63) is 42.0 Å². The van der Waals surface area contributed by atoms with Gasteiger partial charge in [-0.3, -0.25) is 4.79 Å². The second-order valence-electron chi connectivity index (χ2n) is 7.58. The second kappa shape index (κ2) is 10.3. The zero-order valence-electron chi connectivity index (χ0n) is 16.9. The average molecular weight is 373 g/mol. The van der Waals surface area contributed by atoms with E-state index >= 15 is 0 Å². The zero-order valence-corrected chi connectivity index (χ0v) is 16.9. The van der Waals surface area contributed by atoms with Crippen molar-refractivity contribution in [1.82, 2.24) is 10.6 Å². The lowest BCUT2D eigenvalue weighted by molar-refractivity contribution is -0.124. The highest BCUT2D eigenvalue weighted by molar-refractivity contribution is 5.88. The van der Waals surface area contributed by atoms with Gasteiger partial charge >= 0.3 is 0 Å². The van der Waals surface area contributed by atoms with E-state index in [1.54, 1.807) is 0 Å². The van der Waals surface area contributed by atoms with Crippen molar-refractivity contribution in [2.45, 2.75) is 46.2 Å². The number of hydrogen-bond donors (Lipinski definition) is 2. The van der Waals surface area contributed by atoms with E-state index in [0.29, 0.717) is 6.54 Å². The summed E-state index contributed by atoms with van der Waals surface area (Å²) in [5.74, 6) is 0.626. The van der Waals surface area contributed by atoms with Crippen LogP contribution in [0, 0.1) is 0 Å². The molecule has 0 bridgehead atoms. The maximum Gasteiger partial charge on any atom is 0.258 e. The molecule has 0 unspecified atom stereocenters. The fourth-order valence-corrected chi connectivity index (χ4v) is 2.89. The van der Waals surface area contributed by atoms with Crippen LogP contribution < -0.4 is 15.4 Å². The fourth-order valence-electron chi connectivity index (χ4n) is 2.89. The summed E-state index contributed by atoms with van der Waals surface area (Å²) in [6.07, 6.45) is 0.961. The first-order valence-electron chi connectivity index (χ1n) is 9.63. The molecule has 0 fully saturated rings. The smallest absolute Gasteiger partial charge is 0.258 e. The topological polar surface area (TPSA) is 59.6 Å². The molecular formula is C22H32N2O3. The van der Waals surface area contributed by atoms with Gasteiger partial charge in [0.2, 0.25) is 0 Å². The molecule has 0 spiro atoms. The number of nitrogens with one attached hydrogen (secondary N) is 2. The Hall–Kier alpha value is -2.11. The van der Waals surface area contributed by atoms with Crippen molar-refractivity contribution in [2.24, 2.45) is 0 Å². The molecule has 0 aliphatic rings. The van der Waals surface area contributed by atoms with Crippen molar-refractivity contribution < 1.29 is 14.3 Å². The predicted octanol–water partition coefficient (Wildman–Crippen LogP) is 3.65. The highest BCUT2D eigenvalue weighted by Gasteiger charge is 2.15. The molecule has 2 rings (SSSR count). The average Bonchev–Trinajstić information content (AvgIpc) is 2.62. The Kier molecular flexibility index (Phi) is 8.07. The fraction of sp³-hybridized carbons (Fsp3) is 0.500. The summed E-state index contributed by atoms with van der Waals surface area (Å²) in [5.41, 5.74) is 0.808. The molecule has 0 saturated heterocycles. The van der Waals surface area contributed by atoms with Gasteiger partial charge in [0.15, 0.2) is 6.61 Å². The largest absolute Gasteiger partial charge is 0.483 e. The molecule has 5 heteroatoms. The Labute approximate surface area is 162 Å². The van der Waals surface area contributed by atoms with Crippen LogP contribution in [0.25, 0.3) is 10.8 Å². The van der Waals surface area contributed by atoms with E-state index in [1.807, 2.05) is 52.0 Å². The predicted molar refractivity (Wildman–Crippen MR) is 110 cm³/mol. The molecule has 0 atom stereocenters. The zero-order chi connectivity index (χ0) is 19.7. The quantitative estimate of drug-likeness (QED) is 0.625. The van der Waals surface area contributed by atoms with Gasteiger partial charge in [0.1, 0.15) is 5.75 Å². The van der Waals surface area contributed by atoms with Gasteiger partial charge < -0.3 is 20.1 Å². The van der Waals surface area contributed by atoms with Crippen molar-refractivity contribution in [3.63, 3.8) is 0 Å². The van der Waals surface area contributed by atoms with Gasteiger partial charge in [0.25, 0.3) is 5.91 Å². The van der Waals surface area contributed by atoms with Crippen molar-refractivity contribution in [1.29, 1.82) is 0 Å². The Bertz CT molecular complexity index is 738. The molecule has 0 aliphatic heterocycles. The van der Waals surface area contributed by atoms with Crippen LogP contribution in [-0.4, -0.2) is 37.8 Å². The third-order valence-corrected chi connectivity index (χ3v) is 4.02. The first kappa shape index (κ1) is 21.2. The van der Waals surface area contributed by atoms with E-state index in [4.69, 9.17) is 9.47 Å². The van der Waals surface area contributed by atoms with E-state index in [0.717, 1.165) is 48.3 Å². The third-order valence-electron chi connectivity index (χ3n) is 4.02. The van der Waals surface area contributed by atoms with Crippen LogP contribution in [0.3, 0.4) is 0 Å². The van der Waals surface area contributed by atoms with Crippen LogP contribution in [0.5, 0.6) is 5.75 Å². The highest BCUT2D eigenvalue weighted by Crippen LogP contribution is 2.28. The minimum atomic E-state index is -0.269. The van der Waals surface area contributed by atoms with Gasteiger partial charge in [-0.1, -0.05) is 30.3 Å². The van der Waals surface area contributed by atoms with Crippen LogP contribution in [0.2, 0.25) is 0 Å². The van der Waals surface area contributed by atoms with Crippen LogP contribution >= 0.6 is 0 Å². The van der Waals surface area contributed by atoms with Crippen LogP contribution in [0.1, 0.15) is 39.7 Å². The number of rotatable bonds is 10. The van der Waals surface area contributed by atoms with Crippen molar-refractivity contribution in [3.8, 4) is 5.75 Å². The summed E-state index contributed by atoms with van der Waals surface area (Å²) in [5, 5.41) is 8.69. The van der Waals surface area contributed by atoms with Gasteiger partial charge in [-0.2, -0.15) is 0 Å².